The largest absolute Gasteiger partial charge is 0.476 e. The van der Waals surface area contributed by atoms with E-state index in [4.69, 9.17) is 5.11 Å². The molecule has 0 saturated heterocycles. The summed E-state index contributed by atoms with van der Waals surface area (Å²) < 4.78 is 24.5. The number of aromatic carboxylic acids is 1. The summed E-state index contributed by atoms with van der Waals surface area (Å²) in [6.07, 6.45) is -2.49. The van der Waals surface area contributed by atoms with Crippen LogP contribution in [0.3, 0.4) is 0 Å². The van der Waals surface area contributed by atoms with Crippen molar-refractivity contribution in [3.63, 3.8) is 0 Å². The summed E-state index contributed by atoms with van der Waals surface area (Å²) in [5, 5.41) is 13.9. The van der Waals surface area contributed by atoms with E-state index in [0.717, 1.165) is 0 Å². The van der Waals surface area contributed by atoms with Crippen molar-refractivity contribution >= 4 is 5.97 Å². The maximum absolute atomic E-state index is 12.2. The van der Waals surface area contributed by atoms with Crippen LogP contribution in [0.25, 0.3) is 0 Å². The zero-order chi connectivity index (χ0) is 10.0. The number of carboxylic acids is 1. The van der Waals surface area contributed by atoms with E-state index in [9.17, 15) is 13.6 Å². The third kappa shape index (κ3) is 1.66. The summed E-state index contributed by atoms with van der Waals surface area (Å²) >= 11 is 0. The number of aromatic nitrogens is 2. The van der Waals surface area contributed by atoms with Gasteiger partial charge >= 0.3 is 5.97 Å². The number of halogens is 2. The van der Waals surface area contributed by atoms with Crippen molar-refractivity contribution in [1.29, 1.82) is 0 Å². The highest BCUT2D eigenvalue weighted by molar-refractivity contribution is 5.87. The molecule has 0 aromatic carbocycles. The molecule has 0 aliphatic heterocycles. The lowest BCUT2D eigenvalue weighted by Crippen LogP contribution is -2.01. The van der Waals surface area contributed by atoms with Crippen LogP contribution in [0.1, 0.15) is 35.1 Å². The van der Waals surface area contributed by atoms with Gasteiger partial charge in [-0.25, -0.2) is 13.6 Å². The van der Waals surface area contributed by atoms with E-state index in [1.54, 1.807) is 6.92 Å². The fraction of sp³-hybridized carbons (Fsp3) is 0.429. The van der Waals surface area contributed by atoms with Gasteiger partial charge in [0.1, 0.15) is 5.69 Å². The van der Waals surface area contributed by atoms with Crippen molar-refractivity contribution in [2.75, 3.05) is 0 Å². The highest BCUT2D eigenvalue weighted by atomic mass is 19.3. The molecule has 13 heavy (non-hydrogen) atoms. The molecule has 1 aromatic heterocycles. The second kappa shape index (κ2) is 3.51. The maximum atomic E-state index is 12.2. The van der Waals surface area contributed by atoms with Crippen LogP contribution in [0.4, 0.5) is 8.78 Å². The van der Waals surface area contributed by atoms with Gasteiger partial charge in [-0.05, 0) is 6.42 Å². The predicted molar refractivity (Wildman–Crippen MR) is 39.9 cm³/mol. The van der Waals surface area contributed by atoms with Crippen molar-refractivity contribution in [2.24, 2.45) is 0 Å². The lowest BCUT2D eigenvalue weighted by atomic mass is 10.1. The third-order valence-electron chi connectivity index (χ3n) is 1.67. The lowest BCUT2D eigenvalue weighted by molar-refractivity contribution is 0.0689. The third-order valence-corrected chi connectivity index (χ3v) is 1.67. The lowest BCUT2D eigenvalue weighted by Gasteiger charge is -1.98. The van der Waals surface area contributed by atoms with Gasteiger partial charge in [0.05, 0.1) is 0 Å². The van der Waals surface area contributed by atoms with Crippen LogP contribution in [0.5, 0.6) is 0 Å². The molecule has 0 unspecified atom stereocenters. The molecule has 0 aliphatic rings. The van der Waals surface area contributed by atoms with Crippen LogP contribution in [0.15, 0.2) is 0 Å². The average Bonchev–Trinajstić information content (AvgIpc) is 2.46. The van der Waals surface area contributed by atoms with Crippen molar-refractivity contribution in [3.8, 4) is 0 Å². The average molecular weight is 190 g/mol. The zero-order valence-electron chi connectivity index (χ0n) is 6.84. The zero-order valence-corrected chi connectivity index (χ0v) is 6.84. The number of alkyl halides is 2. The van der Waals surface area contributed by atoms with Gasteiger partial charge in [-0.1, -0.05) is 6.92 Å². The fourth-order valence-corrected chi connectivity index (χ4v) is 1.09. The molecule has 0 spiro atoms. The highest BCUT2D eigenvalue weighted by Crippen LogP contribution is 2.23. The molecule has 1 rings (SSSR count). The minimum absolute atomic E-state index is 0.0718. The Labute approximate surface area is 72.6 Å². The number of H-pyrrole nitrogens is 1. The molecule has 0 aliphatic carbocycles. The van der Waals surface area contributed by atoms with Gasteiger partial charge in [0.2, 0.25) is 0 Å². The Morgan fingerprint density at radius 2 is 2.31 bits per heavy atom. The first-order valence-corrected chi connectivity index (χ1v) is 3.66. The summed E-state index contributed by atoms with van der Waals surface area (Å²) in [6, 6.07) is 0. The van der Waals surface area contributed by atoms with E-state index < -0.39 is 18.1 Å². The number of rotatable bonds is 3. The fourth-order valence-electron chi connectivity index (χ4n) is 1.09. The topological polar surface area (TPSA) is 66.0 Å². The SMILES string of the molecule is CCc1c(C(=O)O)n[nH]c1C(F)F. The van der Waals surface area contributed by atoms with E-state index in [2.05, 4.69) is 5.10 Å². The van der Waals surface area contributed by atoms with Gasteiger partial charge in [0.15, 0.2) is 5.69 Å². The smallest absolute Gasteiger partial charge is 0.356 e. The summed E-state index contributed by atoms with van der Waals surface area (Å²) in [7, 11) is 0. The summed E-state index contributed by atoms with van der Waals surface area (Å²) in [6.45, 7) is 1.60. The number of nitrogens with zero attached hydrogens (tertiary/aromatic N) is 1. The number of aromatic amines is 1. The minimum Gasteiger partial charge on any atom is -0.476 e. The molecule has 4 nitrogen and oxygen atoms in total. The Hall–Kier alpha value is -1.46. The van der Waals surface area contributed by atoms with Crippen LogP contribution in [0.2, 0.25) is 0 Å². The molecular formula is C7H8F2N2O2. The Balaban J connectivity index is 3.18. The summed E-state index contributed by atoms with van der Waals surface area (Å²) in [4.78, 5) is 10.5. The van der Waals surface area contributed by atoms with Crippen LogP contribution >= 0.6 is 0 Å². The predicted octanol–water partition coefficient (Wildman–Crippen LogP) is 1.61. The number of hydrogen-bond acceptors (Lipinski definition) is 2. The highest BCUT2D eigenvalue weighted by Gasteiger charge is 2.22. The molecule has 2 N–H and O–H groups in total. The molecule has 0 radical (unpaired) electrons. The minimum atomic E-state index is -2.71. The van der Waals surface area contributed by atoms with E-state index in [0.29, 0.717) is 0 Å². The molecule has 72 valence electrons. The first-order valence-electron chi connectivity index (χ1n) is 3.66. The van der Waals surface area contributed by atoms with Gasteiger partial charge in [0, 0.05) is 5.56 Å². The van der Waals surface area contributed by atoms with Crippen LogP contribution in [-0.4, -0.2) is 21.3 Å². The van der Waals surface area contributed by atoms with Crippen molar-refractivity contribution in [2.45, 2.75) is 19.8 Å². The van der Waals surface area contributed by atoms with Gasteiger partial charge < -0.3 is 5.11 Å². The number of nitrogens with one attached hydrogen (secondary N) is 1. The summed E-state index contributed by atoms with van der Waals surface area (Å²) in [5.74, 6) is -1.29. The Kier molecular flexibility index (Phi) is 2.60. The molecule has 1 heterocycles. The summed E-state index contributed by atoms with van der Waals surface area (Å²) in [5.41, 5.74) is -0.653. The molecule has 0 saturated carbocycles. The first kappa shape index (κ1) is 9.63. The Bertz CT molecular complexity index is 322. The second-order valence-electron chi connectivity index (χ2n) is 2.42. The standard InChI is InChI=1S/C7H8F2N2O2/c1-2-3-4(6(8)9)10-11-5(3)7(12)13/h6H,2H2,1H3,(H,10,11)(H,12,13). The molecule has 0 amide bonds. The molecule has 0 fully saturated rings. The normalized spacial score (nSPS) is 10.8. The second-order valence-corrected chi connectivity index (χ2v) is 2.42. The van der Waals surface area contributed by atoms with Gasteiger partial charge in [-0.15, -0.1) is 0 Å². The van der Waals surface area contributed by atoms with E-state index in [1.807, 2.05) is 5.10 Å². The van der Waals surface area contributed by atoms with Crippen molar-refractivity contribution in [3.05, 3.63) is 17.0 Å². The Morgan fingerprint density at radius 3 is 2.69 bits per heavy atom. The molecule has 0 atom stereocenters. The molecule has 6 heteroatoms. The van der Waals surface area contributed by atoms with E-state index in [-0.39, 0.29) is 17.7 Å². The van der Waals surface area contributed by atoms with Crippen LogP contribution in [-0.2, 0) is 6.42 Å². The quantitative estimate of drug-likeness (QED) is 0.760. The van der Waals surface area contributed by atoms with Crippen LogP contribution < -0.4 is 0 Å². The van der Waals surface area contributed by atoms with E-state index in [1.165, 1.54) is 0 Å². The van der Waals surface area contributed by atoms with Gasteiger partial charge in [-0.3, -0.25) is 5.10 Å². The monoisotopic (exact) mass is 190 g/mol. The molecule has 1 aromatic rings. The van der Waals surface area contributed by atoms with E-state index >= 15 is 0 Å². The molecule has 0 bridgehead atoms. The van der Waals surface area contributed by atoms with Crippen LogP contribution in [0, 0.1) is 0 Å². The number of carboxylic acid groups (broad SMARTS) is 1. The number of carbonyl (C=O) groups is 1. The van der Waals surface area contributed by atoms with Crippen molar-refractivity contribution in [1.82, 2.24) is 10.2 Å². The van der Waals surface area contributed by atoms with Gasteiger partial charge in [-0.2, -0.15) is 5.10 Å². The van der Waals surface area contributed by atoms with Gasteiger partial charge in [0.25, 0.3) is 6.43 Å². The maximum Gasteiger partial charge on any atom is 0.356 e. The van der Waals surface area contributed by atoms with Crippen molar-refractivity contribution < 1.29 is 18.7 Å². The Morgan fingerprint density at radius 1 is 1.69 bits per heavy atom. The molecular weight excluding hydrogens is 182 g/mol. The number of hydrogen-bond donors (Lipinski definition) is 2. The first-order chi connectivity index (χ1) is 6.07.